The Bertz CT molecular complexity index is 366. The van der Waals surface area contributed by atoms with Gasteiger partial charge >= 0.3 is 6.18 Å². The summed E-state index contributed by atoms with van der Waals surface area (Å²) < 4.78 is 38.5. The topological polar surface area (TPSA) is 0 Å². The van der Waals surface area contributed by atoms with Crippen LogP contribution in [0.3, 0.4) is 0 Å². The minimum absolute atomic E-state index is 0.0502. The smallest absolute Gasteiger partial charge is 0.166 e. The van der Waals surface area contributed by atoms with Gasteiger partial charge in [-0.05, 0) is 36.8 Å². The van der Waals surface area contributed by atoms with Gasteiger partial charge in [0.2, 0.25) is 0 Å². The zero-order chi connectivity index (χ0) is 12.9. The van der Waals surface area contributed by atoms with E-state index in [0.29, 0.717) is 18.4 Å². The van der Waals surface area contributed by atoms with E-state index in [1.165, 1.54) is 6.07 Å². The van der Waals surface area contributed by atoms with Crippen molar-refractivity contribution in [1.82, 2.24) is 0 Å². The largest absolute Gasteiger partial charge is 0.416 e. The fourth-order valence-corrected chi connectivity index (χ4v) is 2.01. The molecule has 0 aliphatic rings. The van der Waals surface area contributed by atoms with Crippen LogP contribution in [0.1, 0.15) is 43.2 Å². The number of hydrogen-bond acceptors (Lipinski definition) is 0. The number of hydrogen-bond donors (Lipinski definition) is 0. The molecular formula is C14H17F3. The lowest BCUT2D eigenvalue weighted by Gasteiger charge is -2.20. The van der Waals surface area contributed by atoms with Crippen molar-refractivity contribution < 1.29 is 13.2 Å². The number of halogens is 3. The van der Waals surface area contributed by atoms with Crippen molar-refractivity contribution in [3.8, 4) is 0 Å². The molecule has 0 amide bonds. The Morgan fingerprint density at radius 1 is 1.29 bits per heavy atom. The quantitative estimate of drug-likeness (QED) is 0.625. The standard InChI is InChI=1S/C14H17F3/c1-3-5-8-11(4-2)12-9-6-7-10-13(12)14(15,16)17/h3,6-7,9-11H,1,4-5,8H2,2H3. The average molecular weight is 242 g/mol. The summed E-state index contributed by atoms with van der Waals surface area (Å²) in [5, 5.41) is 0. The molecule has 0 aliphatic heterocycles. The lowest BCUT2D eigenvalue weighted by molar-refractivity contribution is -0.138. The van der Waals surface area contributed by atoms with Crippen molar-refractivity contribution in [2.75, 3.05) is 0 Å². The van der Waals surface area contributed by atoms with Crippen LogP contribution in [0.2, 0.25) is 0 Å². The van der Waals surface area contributed by atoms with Crippen LogP contribution in [-0.4, -0.2) is 0 Å². The Morgan fingerprint density at radius 3 is 2.47 bits per heavy atom. The first kappa shape index (κ1) is 13.8. The monoisotopic (exact) mass is 242 g/mol. The van der Waals surface area contributed by atoms with Crippen molar-refractivity contribution in [1.29, 1.82) is 0 Å². The molecule has 0 bridgehead atoms. The Morgan fingerprint density at radius 2 is 1.94 bits per heavy atom. The highest BCUT2D eigenvalue weighted by Gasteiger charge is 2.34. The van der Waals surface area contributed by atoms with Gasteiger partial charge < -0.3 is 0 Å². The Labute approximate surface area is 100 Å². The molecule has 1 aromatic rings. The summed E-state index contributed by atoms with van der Waals surface area (Å²) in [7, 11) is 0. The fraction of sp³-hybridized carbons (Fsp3) is 0.429. The zero-order valence-corrected chi connectivity index (χ0v) is 9.93. The van der Waals surface area contributed by atoms with Gasteiger partial charge in [0.15, 0.2) is 0 Å². The first-order valence-electron chi connectivity index (χ1n) is 5.77. The lowest BCUT2D eigenvalue weighted by Crippen LogP contribution is -2.11. The van der Waals surface area contributed by atoms with Gasteiger partial charge in [0, 0.05) is 0 Å². The molecular weight excluding hydrogens is 225 g/mol. The highest BCUT2D eigenvalue weighted by molar-refractivity contribution is 5.32. The van der Waals surface area contributed by atoms with E-state index in [1.54, 1.807) is 18.2 Å². The molecule has 1 rings (SSSR count). The normalized spacial score (nSPS) is 13.4. The maximum Gasteiger partial charge on any atom is 0.416 e. The molecule has 17 heavy (non-hydrogen) atoms. The van der Waals surface area contributed by atoms with Crippen molar-refractivity contribution in [2.45, 2.75) is 38.3 Å². The summed E-state index contributed by atoms with van der Waals surface area (Å²) in [4.78, 5) is 0. The molecule has 0 aromatic heterocycles. The SMILES string of the molecule is C=CCCC(CC)c1ccccc1C(F)(F)F. The molecule has 0 saturated carbocycles. The fourth-order valence-electron chi connectivity index (χ4n) is 2.01. The Hall–Kier alpha value is -1.25. The molecule has 0 radical (unpaired) electrons. The molecule has 1 unspecified atom stereocenters. The van der Waals surface area contributed by atoms with Crippen LogP contribution in [0.25, 0.3) is 0 Å². The van der Waals surface area contributed by atoms with Gasteiger partial charge in [-0.15, -0.1) is 6.58 Å². The van der Waals surface area contributed by atoms with E-state index in [1.807, 2.05) is 6.92 Å². The molecule has 1 aromatic carbocycles. The van der Waals surface area contributed by atoms with Gasteiger partial charge in [-0.2, -0.15) is 13.2 Å². The number of benzene rings is 1. The van der Waals surface area contributed by atoms with E-state index < -0.39 is 11.7 Å². The number of alkyl halides is 3. The molecule has 0 N–H and O–H groups in total. The van der Waals surface area contributed by atoms with Crippen LogP contribution in [0, 0.1) is 0 Å². The summed E-state index contributed by atoms with van der Waals surface area (Å²) in [5.41, 5.74) is -0.0970. The molecule has 1 atom stereocenters. The first-order valence-corrected chi connectivity index (χ1v) is 5.77. The van der Waals surface area contributed by atoms with E-state index in [2.05, 4.69) is 6.58 Å². The highest BCUT2D eigenvalue weighted by atomic mass is 19.4. The minimum atomic E-state index is -4.27. The highest BCUT2D eigenvalue weighted by Crippen LogP contribution is 2.37. The van der Waals surface area contributed by atoms with E-state index in [0.717, 1.165) is 12.5 Å². The van der Waals surface area contributed by atoms with Crippen LogP contribution >= 0.6 is 0 Å². The van der Waals surface area contributed by atoms with Crippen LogP contribution < -0.4 is 0 Å². The van der Waals surface area contributed by atoms with Crippen LogP contribution in [0.5, 0.6) is 0 Å². The van der Waals surface area contributed by atoms with E-state index in [4.69, 9.17) is 0 Å². The maximum atomic E-state index is 12.8. The molecule has 0 nitrogen and oxygen atoms in total. The molecule has 3 heteroatoms. The van der Waals surface area contributed by atoms with Gasteiger partial charge in [0.25, 0.3) is 0 Å². The summed E-state index contributed by atoms with van der Waals surface area (Å²) in [5.74, 6) is -0.0502. The summed E-state index contributed by atoms with van der Waals surface area (Å²) >= 11 is 0. The van der Waals surface area contributed by atoms with Crippen molar-refractivity contribution in [2.24, 2.45) is 0 Å². The molecule has 0 heterocycles. The van der Waals surface area contributed by atoms with Gasteiger partial charge in [-0.1, -0.05) is 31.2 Å². The second-order valence-corrected chi connectivity index (χ2v) is 4.06. The second kappa shape index (κ2) is 5.89. The summed E-state index contributed by atoms with van der Waals surface area (Å²) in [6, 6.07) is 5.85. The van der Waals surface area contributed by atoms with Crippen molar-refractivity contribution >= 4 is 0 Å². The Kier molecular flexibility index (Phi) is 4.79. The van der Waals surface area contributed by atoms with E-state index >= 15 is 0 Å². The van der Waals surface area contributed by atoms with Crippen LogP contribution in [-0.2, 0) is 6.18 Å². The molecule has 94 valence electrons. The lowest BCUT2D eigenvalue weighted by atomic mass is 9.88. The molecule has 0 aliphatic carbocycles. The van der Waals surface area contributed by atoms with Crippen LogP contribution in [0.15, 0.2) is 36.9 Å². The number of allylic oxidation sites excluding steroid dienone is 1. The third-order valence-electron chi connectivity index (χ3n) is 2.92. The third kappa shape index (κ3) is 3.62. The zero-order valence-electron chi connectivity index (χ0n) is 9.93. The van der Waals surface area contributed by atoms with Gasteiger partial charge in [0.05, 0.1) is 5.56 Å². The van der Waals surface area contributed by atoms with Gasteiger partial charge in [0.1, 0.15) is 0 Å². The van der Waals surface area contributed by atoms with Crippen molar-refractivity contribution in [3.63, 3.8) is 0 Å². The summed E-state index contributed by atoms with van der Waals surface area (Å²) in [6.07, 6.45) is -0.351. The third-order valence-corrected chi connectivity index (χ3v) is 2.92. The molecule has 0 fully saturated rings. The Balaban J connectivity index is 3.06. The first-order chi connectivity index (χ1) is 8.00. The summed E-state index contributed by atoms with van der Waals surface area (Å²) in [6.45, 7) is 5.53. The second-order valence-electron chi connectivity index (χ2n) is 4.06. The van der Waals surface area contributed by atoms with Gasteiger partial charge in [-0.25, -0.2) is 0 Å². The molecule has 0 spiro atoms. The maximum absolute atomic E-state index is 12.8. The molecule has 0 saturated heterocycles. The minimum Gasteiger partial charge on any atom is -0.166 e. The number of rotatable bonds is 5. The van der Waals surface area contributed by atoms with Gasteiger partial charge in [-0.3, -0.25) is 0 Å². The van der Waals surface area contributed by atoms with E-state index in [-0.39, 0.29) is 5.92 Å². The van der Waals surface area contributed by atoms with E-state index in [9.17, 15) is 13.2 Å². The predicted molar refractivity (Wildman–Crippen MR) is 63.9 cm³/mol. The average Bonchev–Trinajstić information content (AvgIpc) is 2.29. The van der Waals surface area contributed by atoms with Crippen LogP contribution in [0.4, 0.5) is 13.2 Å². The van der Waals surface area contributed by atoms with Crippen molar-refractivity contribution in [3.05, 3.63) is 48.0 Å². The predicted octanol–water partition coefficient (Wildman–Crippen LogP) is 5.17.